The van der Waals surface area contributed by atoms with Gasteiger partial charge in [-0.05, 0) is 106 Å². The van der Waals surface area contributed by atoms with Gasteiger partial charge in [0.1, 0.15) is 18.1 Å². The number of hydrogen-bond donors (Lipinski definition) is 2. The van der Waals surface area contributed by atoms with Crippen LogP contribution in [0.2, 0.25) is 0 Å². The van der Waals surface area contributed by atoms with Gasteiger partial charge in [-0.3, -0.25) is 38.9 Å². The number of fused-ring (bicyclic) bond motifs is 7. The van der Waals surface area contributed by atoms with Gasteiger partial charge < -0.3 is 33.9 Å². The van der Waals surface area contributed by atoms with E-state index in [-0.39, 0.29) is 49.5 Å². The molecule has 4 saturated heterocycles. The second-order valence-corrected chi connectivity index (χ2v) is 22.0. The molecule has 4 fully saturated rings. The summed E-state index contributed by atoms with van der Waals surface area (Å²) in [5.41, 5.74) is 10.0. The van der Waals surface area contributed by atoms with Crippen LogP contribution in [0.25, 0.3) is 27.6 Å². The van der Waals surface area contributed by atoms with Gasteiger partial charge in [0.2, 0.25) is 11.8 Å². The highest BCUT2D eigenvalue weighted by atomic mass is 16.5. The van der Waals surface area contributed by atoms with E-state index in [1.165, 1.54) is 9.91 Å². The first kappa shape index (κ1) is 55.1. The number of aryl methyl sites for hydroxylation is 1. The number of amides is 4. The third kappa shape index (κ3) is 12.0. The van der Waals surface area contributed by atoms with Crippen LogP contribution in [0.4, 0.5) is 0 Å². The fraction of sp³-hybridized carbons (Fsp3) is 0.559. The number of likely N-dealkylation sites (N-methyl/N-ethyl adjacent to an activating group) is 1. The van der Waals surface area contributed by atoms with Gasteiger partial charge in [0, 0.05) is 87.4 Å². The smallest absolute Gasteiger partial charge is 0.324 e. The number of nitrogens with one attached hydrogen (secondary N) is 2. The fourth-order valence-electron chi connectivity index (χ4n) is 11.9. The number of rotatable bonds is 11. The average Bonchev–Trinajstić information content (AvgIpc) is 4.15. The summed E-state index contributed by atoms with van der Waals surface area (Å²) < 4.78 is 19.9. The van der Waals surface area contributed by atoms with Crippen molar-refractivity contribution in [1.82, 2.24) is 35.0 Å². The quantitative estimate of drug-likeness (QED) is 0.0978. The van der Waals surface area contributed by atoms with E-state index in [2.05, 4.69) is 83.7 Å². The number of carbonyl (C=O) groups excluding carboxylic acids is 5. The maximum atomic E-state index is 14.9. The van der Waals surface area contributed by atoms with Crippen LogP contribution in [0, 0.1) is 29.1 Å². The number of cyclic esters (lactones) is 1. The minimum absolute atomic E-state index is 0.0206. The summed E-state index contributed by atoms with van der Waals surface area (Å²) in [7, 11) is 3.30. The molecule has 0 aliphatic carbocycles. The molecule has 2 aromatic carbocycles. The number of ether oxygens (including phenoxy) is 3. The number of carbonyl (C=O) groups is 5. The van der Waals surface area contributed by atoms with Crippen molar-refractivity contribution in [2.45, 2.75) is 136 Å². The lowest BCUT2D eigenvalue weighted by Crippen LogP contribution is -2.62. The Hall–Kier alpha value is -6.12. The molecule has 5 aliphatic heterocycles. The Morgan fingerprint density at radius 1 is 1.05 bits per heavy atom. The first-order valence-electron chi connectivity index (χ1n) is 27.0. The zero-order chi connectivity index (χ0) is 53.7. The van der Waals surface area contributed by atoms with Crippen LogP contribution in [-0.2, 0) is 57.6 Å². The van der Waals surface area contributed by atoms with Crippen molar-refractivity contribution >= 4 is 52.3 Å². The maximum absolute atomic E-state index is 14.9. The monoisotopic (exact) mass is 1030 g/mol. The minimum Gasteiger partial charge on any atom is -0.464 e. The van der Waals surface area contributed by atoms with E-state index in [0.717, 1.165) is 69.5 Å². The average molecular weight is 1030 g/mol. The summed E-state index contributed by atoms with van der Waals surface area (Å²) in [6, 6.07) is 12.0. The number of morpholine rings is 1. The molecule has 3 aromatic rings. The predicted molar refractivity (Wildman–Crippen MR) is 291 cm³/mol. The third-order valence-corrected chi connectivity index (χ3v) is 15.8. The van der Waals surface area contributed by atoms with E-state index in [4.69, 9.17) is 19.2 Å². The van der Waals surface area contributed by atoms with Gasteiger partial charge in [0.15, 0.2) is 0 Å². The largest absolute Gasteiger partial charge is 0.464 e. The van der Waals surface area contributed by atoms with Gasteiger partial charge in [-0.25, -0.2) is 5.43 Å². The Labute approximate surface area is 443 Å². The first-order chi connectivity index (χ1) is 36.0. The van der Waals surface area contributed by atoms with Crippen LogP contribution < -0.4 is 10.7 Å². The molecule has 402 valence electrons. The molecule has 16 heteroatoms. The Bertz CT molecular complexity index is 2780. The molecule has 16 nitrogen and oxygen atoms in total. The standard InChI is InChI=1S/C59H78N8O8/c1-11-45(52(60-12-2)38(6)73-10)54-47-33-59(7,8)36-75-58(72)48-18-15-26-67(62-48)57(71)49(31-39-16-14-17-40(30-39)41-19-23-50(46(47)32-41)65(54)13-3)61-55(69)53(37(4)5)63(9)56(70)42-25-27-64(34-42)51(68)24-22-43-20-21-44-35-74-29-28-66(43)44/h11-12,14,16-17,19,23,30,32,37-38,42-44,48-49,53,62H,1,13,15,18,20-21,25-29,31,33-36H2,2-10H3,(H,61,69)/b52-45+,60-12?/t38-,42?,43-,44+,48-,49-,53-/m0/s1. The van der Waals surface area contributed by atoms with Crippen molar-refractivity contribution in [3.05, 3.63) is 77.6 Å². The number of aliphatic imine (C=N–C) groups is 1. The molecule has 1 unspecified atom stereocenters. The summed E-state index contributed by atoms with van der Waals surface area (Å²) in [5, 5.41) is 5.58. The van der Waals surface area contributed by atoms with Crippen LogP contribution in [0.3, 0.4) is 0 Å². The molecule has 7 atom stereocenters. The summed E-state index contributed by atoms with van der Waals surface area (Å²) in [6.07, 6.45) is 7.32. The summed E-state index contributed by atoms with van der Waals surface area (Å²) in [5.74, 6) is 3.36. The molecule has 0 saturated carbocycles. The van der Waals surface area contributed by atoms with Crippen LogP contribution in [0.5, 0.6) is 0 Å². The van der Waals surface area contributed by atoms with Crippen LogP contribution in [0.1, 0.15) is 97.4 Å². The zero-order valence-electron chi connectivity index (χ0n) is 45.6. The molecular formula is C59H78N8O8. The van der Waals surface area contributed by atoms with Gasteiger partial charge >= 0.3 is 5.97 Å². The Balaban J connectivity index is 1.09. The molecule has 5 aliphatic rings. The lowest BCUT2D eigenvalue weighted by Gasteiger charge is -2.37. The highest BCUT2D eigenvalue weighted by Gasteiger charge is 2.41. The molecule has 0 spiro atoms. The second kappa shape index (κ2) is 23.8. The van der Waals surface area contributed by atoms with Gasteiger partial charge in [-0.1, -0.05) is 76.6 Å². The van der Waals surface area contributed by atoms with Gasteiger partial charge in [0.25, 0.3) is 11.8 Å². The van der Waals surface area contributed by atoms with Crippen LogP contribution in [0.15, 0.2) is 65.8 Å². The van der Waals surface area contributed by atoms with E-state index in [1.807, 2.05) is 52.0 Å². The molecule has 6 bridgehead atoms. The van der Waals surface area contributed by atoms with Gasteiger partial charge in [-0.15, -0.1) is 0 Å². The van der Waals surface area contributed by atoms with Crippen LogP contribution >= 0.6 is 0 Å². The minimum atomic E-state index is -1.07. The fourth-order valence-corrected chi connectivity index (χ4v) is 11.9. The van der Waals surface area contributed by atoms with E-state index in [1.54, 1.807) is 25.3 Å². The highest BCUT2D eigenvalue weighted by molar-refractivity contribution is 5.97. The Kier molecular flexibility index (Phi) is 17.5. The number of aromatic nitrogens is 1. The number of hydrazine groups is 1. The van der Waals surface area contributed by atoms with Crippen molar-refractivity contribution in [1.29, 1.82) is 0 Å². The number of methoxy groups -OCH3 is 1. The molecule has 0 radical (unpaired) electrons. The van der Waals surface area contributed by atoms with Crippen molar-refractivity contribution in [2.24, 2.45) is 22.2 Å². The topological polar surface area (TPSA) is 167 Å². The number of allylic oxidation sites excluding steroid dienone is 2. The lowest BCUT2D eigenvalue weighted by atomic mass is 9.84. The Morgan fingerprint density at radius 3 is 2.57 bits per heavy atom. The van der Waals surface area contributed by atoms with Crippen molar-refractivity contribution in [2.75, 3.05) is 60.2 Å². The summed E-state index contributed by atoms with van der Waals surface area (Å²) in [6.45, 7) is 22.1. The van der Waals surface area contributed by atoms with E-state index >= 15 is 0 Å². The number of benzene rings is 2. The lowest BCUT2D eigenvalue weighted by molar-refractivity contribution is -0.155. The molecule has 2 N–H and O–H groups in total. The van der Waals surface area contributed by atoms with Gasteiger partial charge in [0.05, 0.1) is 49.3 Å². The maximum Gasteiger partial charge on any atom is 0.324 e. The zero-order valence-corrected chi connectivity index (χ0v) is 45.6. The number of nitrogens with zero attached hydrogens (tertiary/aromatic N) is 6. The van der Waals surface area contributed by atoms with Crippen LogP contribution in [-0.4, -0.2) is 157 Å². The van der Waals surface area contributed by atoms with Crippen molar-refractivity contribution in [3.8, 4) is 23.0 Å². The molecule has 4 amide bonds. The third-order valence-electron chi connectivity index (χ3n) is 15.8. The van der Waals surface area contributed by atoms with Crippen molar-refractivity contribution in [3.63, 3.8) is 0 Å². The van der Waals surface area contributed by atoms with Gasteiger partial charge in [-0.2, -0.15) is 0 Å². The van der Waals surface area contributed by atoms with E-state index in [0.29, 0.717) is 64.6 Å². The second-order valence-electron chi connectivity index (χ2n) is 22.0. The van der Waals surface area contributed by atoms with E-state index < -0.39 is 47.2 Å². The summed E-state index contributed by atoms with van der Waals surface area (Å²) >= 11 is 0. The predicted octanol–water partition coefficient (Wildman–Crippen LogP) is 6.20. The highest BCUT2D eigenvalue weighted by Crippen LogP contribution is 2.40. The number of likely N-dealkylation sites (tertiary alicyclic amines) is 1. The first-order valence-corrected chi connectivity index (χ1v) is 27.0. The summed E-state index contributed by atoms with van der Waals surface area (Å²) in [4.78, 5) is 81.6. The van der Waals surface area contributed by atoms with Crippen molar-refractivity contribution < 1.29 is 38.2 Å². The molecule has 75 heavy (non-hydrogen) atoms. The molecular weight excluding hydrogens is 949 g/mol. The number of hydrogen-bond acceptors (Lipinski definition) is 11. The van der Waals surface area contributed by atoms with E-state index in [9.17, 15) is 24.0 Å². The molecule has 6 heterocycles. The number of esters is 1. The molecule has 1 aromatic heterocycles. The molecule has 8 rings (SSSR count). The normalized spacial score (nSPS) is 24.4. The SMILES string of the molecule is C=C/C(=C(\N=CC)[C@H](C)OC)c1c2c3cc(ccc3n1CC)-c1cccc(c1)C[C@H](NC(=O)[C@H](C(C)C)N(C)C(=O)C1CCN(C(=O)C#C[C@@H]3CC[C@@H]4COCCN43)C1)C(=O)N1CCC[C@H](N1)C(=O)OCC(C)(C)C2. The Morgan fingerprint density at radius 2 is 1.84 bits per heavy atom.